The molecule has 2 aromatic rings. The Hall–Kier alpha value is -2.89. The van der Waals surface area contributed by atoms with Crippen molar-refractivity contribution in [2.24, 2.45) is 5.92 Å². The van der Waals surface area contributed by atoms with E-state index in [1.807, 2.05) is 20.8 Å². The van der Waals surface area contributed by atoms with Crippen molar-refractivity contribution in [3.8, 4) is 5.75 Å². The SMILES string of the molecule is CCOc1ccc(C(=O)N[C@@H](C(=O)NCc2ccc(F)cc2)C(C)C)cc1. The van der Waals surface area contributed by atoms with Crippen LogP contribution in [0.2, 0.25) is 0 Å². The molecule has 0 heterocycles. The van der Waals surface area contributed by atoms with E-state index in [4.69, 9.17) is 4.74 Å². The van der Waals surface area contributed by atoms with Gasteiger partial charge in [-0.1, -0.05) is 26.0 Å². The lowest BCUT2D eigenvalue weighted by Crippen LogP contribution is -2.49. The normalized spacial score (nSPS) is 11.7. The summed E-state index contributed by atoms with van der Waals surface area (Å²) >= 11 is 0. The van der Waals surface area contributed by atoms with E-state index in [0.717, 1.165) is 5.56 Å². The highest BCUT2D eigenvalue weighted by atomic mass is 19.1. The summed E-state index contributed by atoms with van der Waals surface area (Å²) in [5.41, 5.74) is 1.24. The number of hydrogen-bond acceptors (Lipinski definition) is 3. The van der Waals surface area contributed by atoms with Crippen LogP contribution in [0.4, 0.5) is 4.39 Å². The zero-order valence-corrected chi connectivity index (χ0v) is 15.8. The smallest absolute Gasteiger partial charge is 0.251 e. The third-order valence-corrected chi connectivity index (χ3v) is 4.04. The van der Waals surface area contributed by atoms with Crippen LogP contribution < -0.4 is 15.4 Å². The van der Waals surface area contributed by atoms with E-state index >= 15 is 0 Å². The number of carbonyl (C=O) groups excluding carboxylic acids is 2. The molecule has 0 bridgehead atoms. The number of halogens is 1. The molecule has 5 nitrogen and oxygen atoms in total. The number of rotatable bonds is 8. The van der Waals surface area contributed by atoms with E-state index in [1.54, 1.807) is 36.4 Å². The number of amides is 2. The van der Waals surface area contributed by atoms with E-state index in [1.165, 1.54) is 12.1 Å². The minimum atomic E-state index is -0.676. The van der Waals surface area contributed by atoms with Crippen molar-refractivity contribution in [3.05, 3.63) is 65.5 Å². The lowest BCUT2D eigenvalue weighted by Gasteiger charge is -2.22. The molecule has 0 spiro atoms. The molecule has 0 saturated heterocycles. The van der Waals surface area contributed by atoms with Gasteiger partial charge in [-0.2, -0.15) is 0 Å². The Morgan fingerprint density at radius 1 is 1.04 bits per heavy atom. The van der Waals surface area contributed by atoms with Crippen molar-refractivity contribution in [1.82, 2.24) is 10.6 Å². The maximum absolute atomic E-state index is 12.9. The summed E-state index contributed by atoms with van der Waals surface area (Å²) in [6, 6.07) is 12.0. The first-order valence-electron chi connectivity index (χ1n) is 8.96. The molecule has 2 rings (SSSR count). The van der Waals surface area contributed by atoms with Gasteiger partial charge in [0.2, 0.25) is 5.91 Å². The fourth-order valence-electron chi connectivity index (χ4n) is 2.53. The zero-order valence-electron chi connectivity index (χ0n) is 15.8. The van der Waals surface area contributed by atoms with Crippen molar-refractivity contribution in [2.45, 2.75) is 33.4 Å². The molecule has 0 saturated carbocycles. The number of hydrogen-bond donors (Lipinski definition) is 2. The van der Waals surface area contributed by atoms with Crippen molar-refractivity contribution >= 4 is 11.8 Å². The predicted octanol–water partition coefficient (Wildman–Crippen LogP) is 3.30. The van der Waals surface area contributed by atoms with Gasteiger partial charge >= 0.3 is 0 Å². The van der Waals surface area contributed by atoms with Gasteiger partial charge in [0.05, 0.1) is 6.61 Å². The van der Waals surface area contributed by atoms with Crippen molar-refractivity contribution in [3.63, 3.8) is 0 Å². The van der Waals surface area contributed by atoms with Crippen molar-refractivity contribution in [1.29, 1.82) is 0 Å². The first-order valence-corrected chi connectivity index (χ1v) is 8.96. The summed E-state index contributed by atoms with van der Waals surface area (Å²) < 4.78 is 18.3. The summed E-state index contributed by atoms with van der Waals surface area (Å²) in [7, 11) is 0. The van der Waals surface area contributed by atoms with Gasteiger partial charge < -0.3 is 15.4 Å². The number of nitrogens with one attached hydrogen (secondary N) is 2. The van der Waals surface area contributed by atoms with Gasteiger partial charge in [-0.15, -0.1) is 0 Å². The second-order valence-electron chi connectivity index (χ2n) is 6.50. The highest BCUT2D eigenvalue weighted by Gasteiger charge is 2.24. The molecule has 0 aromatic heterocycles. The first kappa shape index (κ1) is 20.4. The lowest BCUT2D eigenvalue weighted by molar-refractivity contribution is -0.124. The number of ether oxygens (including phenoxy) is 1. The standard InChI is InChI=1S/C21H25FN2O3/c1-4-27-18-11-7-16(8-12-18)20(25)24-19(14(2)3)21(26)23-13-15-5-9-17(22)10-6-15/h5-12,14,19H,4,13H2,1-3H3,(H,23,26)(H,24,25)/t19-/m1/s1. The van der Waals surface area contributed by atoms with E-state index in [0.29, 0.717) is 17.9 Å². The van der Waals surface area contributed by atoms with E-state index < -0.39 is 6.04 Å². The van der Waals surface area contributed by atoms with Gasteiger partial charge in [0.1, 0.15) is 17.6 Å². The Balaban J connectivity index is 1.97. The molecule has 2 aromatic carbocycles. The fourth-order valence-corrected chi connectivity index (χ4v) is 2.53. The van der Waals surface area contributed by atoms with Gasteiger partial charge in [0, 0.05) is 12.1 Å². The molecular weight excluding hydrogens is 347 g/mol. The second-order valence-corrected chi connectivity index (χ2v) is 6.50. The third kappa shape index (κ3) is 6.09. The Kier molecular flexibility index (Phi) is 7.34. The molecule has 2 N–H and O–H groups in total. The average Bonchev–Trinajstić information content (AvgIpc) is 2.66. The predicted molar refractivity (Wildman–Crippen MR) is 102 cm³/mol. The maximum Gasteiger partial charge on any atom is 0.251 e. The van der Waals surface area contributed by atoms with Crippen LogP contribution in [0.1, 0.15) is 36.7 Å². The largest absolute Gasteiger partial charge is 0.494 e. The molecule has 2 amide bonds. The Labute approximate surface area is 158 Å². The highest BCUT2D eigenvalue weighted by molar-refractivity contribution is 5.97. The minimum absolute atomic E-state index is 0.0927. The number of carbonyl (C=O) groups is 2. The minimum Gasteiger partial charge on any atom is -0.494 e. The topological polar surface area (TPSA) is 67.4 Å². The van der Waals surface area contributed by atoms with Gasteiger partial charge in [-0.25, -0.2) is 4.39 Å². The Bertz CT molecular complexity index is 758. The molecule has 144 valence electrons. The van der Waals surface area contributed by atoms with E-state index in [9.17, 15) is 14.0 Å². The van der Waals surface area contributed by atoms with Crippen LogP contribution in [0.3, 0.4) is 0 Å². The number of benzene rings is 2. The highest BCUT2D eigenvalue weighted by Crippen LogP contribution is 2.13. The molecule has 0 aliphatic rings. The Morgan fingerprint density at radius 2 is 1.67 bits per heavy atom. The summed E-state index contributed by atoms with van der Waals surface area (Å²) in [4.78, 5) is 25.0. The molecule has 6 heteroatoms. The molecule has 0 fully saturated rings. The van der Waals surface area contributed by atoms with Gasteiger partial charge in [-0.05, 0) is 54.8 Å². The van der Waals surface area contributed by atoms with E-state index in [2.05, 4.69) is 10.6 Å². The maximum atomic E-state index is 12.9. The Morgan fingerprint density at radius 3 is 2.22 bits per heavy atom. The summed E-state index contributed by atoms with van der Waals surface area (Å²) in [6.07, 6.45) is 0. The fraction of sp³-hybridized carbons (Fsp3) is 0.333. The lowest BCUT2D eigenvalue weighted by atomic mass is 10.0. The van der Waals surface area contributed by atoms with Crippen LogP contribution >= 0.6 is 0 Å². The first-order chi connectivity index (χ1) is 12.9. The van der Waals surface area contributed by atoms with Crippen LogP contribution in [0, 0.1) is 11.7 Å². The molecule has 1 atom stereocenters. The average molecular weight is 372 g/mol. The van der Waals surface area contributed by atoms with Crippen LogP contribution in [0.25, 0.3) is 0 Å². The van der Waals surface area contributed by atoms with Gasteiger partial charge in [0.15, 0.2) is 0 Å². The monoisotopic (exact) mass is 372 g/mol. The van der Waals surface area contributed by atoms with Crippen LogP contribution in [-0.4, -0.2) is 24.5 Å². The molecular formula is C21H25FN2O3. The van der Waals surface area contributed by atoms with Crippen LogP contribution in [0.15, 0.2) is 48.5 Å². The molecule has 27 heavy (non-hydrogen) atoms. The van der Waals surface area contributed by atoms with Crippen LogP contribution in [0.5, 0.6) is 5.75 Å². The quantitative estimate of drug-likeness (QED) is 0.747. The molecule has 0 unspecified atom stereocenters. The van der Waals surface area contributed by atoms with Gasteiger partial charge in [0.25, 0.3) is 5.91 Å². The van der Waals surface area contributed by atoms with E-state index in [-0.39, 0.29) is 30.1 Å². The molecule has 0 aliphatic heterocycles. The zero-order chi connectivity index (χ0) is 19.8. The summed E-state index contributed by atoms with van der Waals surface area (Å²) in [5.74, 6) is -0.341. The van der Waals surface area contributed by atoms with Gasteiger partial charge in [-0.3, -0.25) is 9.59 Å². The third-order valence-electron chi connectivity index (χ3n) is 4.04. The molecule has 0 radical (unpaired) electrons. The summed E-state index contributed by atoms with van der Waals surface area (Å²) in [6.45, 7) is 6.43. The van der Waals surface area contributed by atoms with Crippen molar-refractivity contribution in [2.75, 3.05) is 6.61 Å². The second kappa shape index (κ2) is 9.71. The van der Waals surface area contributed by atoms with Crippen molar-refractivity contribution < 1.29 is 18.7 Å². The van der Waals surface area contributed by atoms with Crippen LogP contribution in [-0.2, 0) is 11.3 Å². The molecule has 0 aliphatic carbocycles. The summed E-state index contributed by atoms with van der Waals surface area (Å²) in [5, 5.41) is 5.56.